The van der Waals surface area contributed by atoms with Gasteiger partial charge in [0.05, 0.1) is 24.7 Å². The van der Waals surface area contributed by atoms with Crippen molar-refractivity contribution in [1.29, 1.82) is 0 Å². The zero-order valence-corrected chi connectivity index (χ0v) is 17.4. The van der Waals surface area contributed by atoms with Crippen LogP contribution in [0.2, 0.25) is 10.0 Å². The zero-order valence-electron chi connectivity index (χ0n) is 15.1. The maximum atomic E-state index is 12.7. The molecule has 2 aromatic rings. The lowest BCUT2D eigenvalue weighted by Crippen LogP contribution is -2.39. The smallest absolute Gasteiger partial charge is 0.244 e. The van der Waals surface area contributed by atoms with Gasteiger partial charge in [0.1, 0.15) is 10.6 Å². The first-order chi connectivity index (χ1) is 12.6. The summed E-state index contributed by atoms with van der Waals surface area (Å²) in [5, 5.41) is 3.05. The molecule has 0 aliphatic carbocycles. The number of hydrogen-bond donors (Lipinski definition) is 1. The molecule has 1 atom stereocenters. The number of methoxy groups -OCH3 is 1. The monoisotopic (exact) mass is 430 g/mol. The minimum absolute atomic E-state index is 0.0401. The maximum absolute atomic E-state index is 12.7. The first-order valence-corrected chi connectivity index (χ1v) is 10.2. The molecular formula is C18H20Cl2N2O4S. The van der Waals surface area contributed by atoms with E-state index in [1.54, 1.807) is 19.2 Å². The molecule has 0 unspecified atom stereocenters. The number of carbonyl (C=O) groups excluding carboxylic acids is 1. The molecular weight excluding hydrogens is 411 g/mol. The van der Waals surface area contributed by atoms with Crippen molar-refractivity contribution < 1.29 is 17.9 Å². The summed E-state index contributed by atoms with van der Waals surface area (Å²) in [6.07, 6.45) is 0. The van der Waals surface area contributed by atoms with Crippen LogP contribution in [0, 0.1) is 0 Å². The third-order valence-electron chi connectivity index (χ3n) is 3.94. The Morgan fingerprint density at radius 3 is 2.41 bits per heavy atom. The predicted molar refractivity (Wildman–Crippen MR) is 106 cm³/mol. The summed E-state index contributed by atoms with van der Waals surface area (Å²) in [6.45, 7) is 1.45. The Labute approximate surface area is 169 Å². The molecule has 0 saturated heterocycles. The molecule has 146 valence electrons. The highest BCUT2D eigenvalue weighted by atomic mass is 35.5. The average molecular weight is 431 g/mol. The molecule has 0 saturated carbocycles. The maximum Gasteiger partial charge on any atom is 0.244 e. The molecule has 0 radical (unpaired) electrons. The van der Waals surface area contributed by atoms with E-state index in [-0.39, 0.29) is 27.5 Å². The van der Waals surface area contributed by atoms with Crippen LogP contribution < -0.4 is 10.1 Å². The summed E-state index contributed by atoms with van der Waals surface area (Å²) in [6, 6.07) is 11.1. The van der Waals surface area contributed by atoms with Gasteiger partial charge < -0.3 is 10.1 Å². The van der Waals surface area contributed by atoms with Crippen LogP contribution >= 0.6 is 23.2 Å². The second-order valence-electron chi connectivity index (χ2n) is 5.90. The standard InChI is InChI=1S/C18H20Cl2N2O4S/c1-12(13-4-7-15(26-3)8-5-13)21-18(23)11-22(2)27(24,25)17-10-14(19)6-9-16(17)20/h4-10,12H,11H2,1-3H3,(H,21,23)/t12-/m1/s1. The molecule has 0 bridgehead atoms. The fourth-order valence-corrected chi connectivity index (χ4v) is 4.25. The number of amides is 1. The number of halogens is 2. The van der Waals surface area contributed by atoms with E-state index >= 15 is 0 Å². The Bertz CT molecular complexity index is 917. The highest BCUT2D eigenvalue weighted by molar-refractivity contribution is 7.89. The molecule has 2 rings (SSSR count). The third kappa shape index (κ3) is 5.35. The minimum Gasteiger partial charge on any atom is -0.497 e. The van der Waals surface area contributed by atoms with Crippen molar-refractivity contribution in [2.75, 3.05) is 20.7 Å². The van der Waals surface area contributed by atoms with Crippen LogP contribution in [0.3, 0.4) is 0 Å². The molecule has 9 heteroatoms. The molecule has 1 N–H and O–H groups in total. The number of benzene rings is 2. The van der Waals surface area contributed by atoms with Crippen LogP contribution in [-0.4, -0.2) is 39.3 Å². The van der Waals surface area contributed by atoms with Gasteiger partial charge >= 0.3 is 0 Å². The normalized spacial score (nSPS) is 12.7. The van der Waals surface area contributed by atoms with E-state index in [1.165, 1.54) is 25.2 Å². The van der Waals surface area contributed by atoms with Crippen LogP contribution in [0.15, 0.2) is 47.4 Å². The zero-order chi connectivity index (χ0) is 20.2. The van der Waals surface area contributed by atoms with Crippen LogP contribution in [-0.2, 0) is 14.8 Å². The molecule has 0 heterocycles. The molecule has 2 aromatic carbocycles. The van der Waals surface area contributed by atoms with Gasteiger partial charge in [-0.15, -0.1) is 0 Å². The highest BCUT2D eigenvalue weighted by Gasteiger charge is 2.26. The SMILES string of the molecule is COc1ccc([C@@H](C)NC(=O)CN(C)S(=O)(=O)c2cc(Cl)ccc2Cl)cc1. The lowest BCUT2D eigenvalue weighted by molar-refractivity contribution is -0.121. The first kappa shape index (κ1) is 21.5. The van der Waals surface area contributed by atoms with Gasteiger partial charge in [-0.05, 0) is 42.8 Å². The minimum atomic E-state index is -3.96. The van der Waals surface area contributed by atoms with Crippen molar-refractivity contribution in [2.45, 2.75) is 17.9 Å². The Kier molecular flexibility index (Phi) is 7.11. The molecule has 27 heavy (non-hydrogen) atoms. The number of hydrogen-bond acceptors (Lipinski definition) is 4. The molecule has 1 amide bonds. The summed E-state index contributed by atoms with van der Waals surface area (Å²) in [4.78, 5) is 12.1. The average Bonchev–Trinajstić information content (AvgIpc) is 2.63. The summed E-state index contributed by atoms with van der Waals surface area (Å²) in [5.74, 6) is 0.268. The lowest BCUT2D eigenvalue weighted by Gasteiger charge is -2.20. The summed E-state index contributed by atoms with van der Waals surface area (Å²) >= 11 is 11.8. The Morgan fingerprint density at radius 2 is 1.81 bits per heavy atom. The van der Waals surface area contributed by atoms with E-state index in [0.717, 1.165) is 9.87 Å². The molecule has 0 aliphatic rings. The summed E-state index contributed by atoms with van der Waals surface area (Å²) in [7, 11) is -1.08. The van der Waals surface area contributed by atoms with Gasteiger partial charge in [-0.3, -0.25) is 4.79 Å². The van der Waals surface area contributed by atoms with Gasteiger partial charge in [0.2, 0.25) is 15.9 Å². The van der Waals surface area contributed by atoms with Crippen molar-refractivity contribution in [1.82, 2.24) is 9.62 Å². The quantitative estimate of drug-likeness (QED) is 0.728. The Hall–Kier alpha value is -1.80. The number of likely N-dealkylation sites (N-methyl/N-ethyl adjacent to an activating group) is 1. The largest absolute Gasteiger partial charge is 0.497 e. The fraction of sp³-hybridized carbons (Fsp3) is 0.278. The number of nitrogens with one attached hydrogen (secondary N) is 1. The van der Waals surface area contributed by atoms with Crippen LogP contribution in [0.1, 0.15) is 18.5 Å². The second kappa shape index (κ2) is 8.93. The molecule has 0 spiro atoms. The molecule has 0 aliphatic heterocycles. The van der Waals surface area contributed by atoms with Gasteiger partial charge in [0.25, 0.3) is 0 Å². The van der Waals surface area contributed by atoms with Crippen LogP contribution in [0.4, 0.5) is 0 Å². The van der Waals surface area contributed by atoms with Gasteiger partial charge in [0.15, 0.2) is 0 Å². The highest BCUT2D eigenvalue weighted by Crippen LogP contribution is 2.27. The van der Waals surface area contributed by atoms with Gasteiger partial charge in [-0.25, -0.2) is 8.42 Å². The van der Waals surface area contributed by atoms with E-state index in [1.807, 2.05) is 19.1 Å². The van der Waals surface area contributed by atoms with Crippen molar-refractivity contribution in [3.05, 3.63) is 58.1 Å². The van der Waals surface area contributed by atoms with E-state index in [4.69, 9.17) is 27.9 Å². The first-order valence-electron chi connectivity index (χ1n) is 8.00. The van der Waals surface area contributed by atoms with Crippen LogP contribution in [0.5, 0.6) is 5.75 Å². The van der Waals surface area contributed by atoms with E-state index in [9.17, 15) is 13.2 Å². The number of rotatable bonds is 7. The fourth-order valence-electron chi connectivity index (χ4n) is 2.39. The van der Waals surface area contributed by atoms with Crippen LogP contribution in [0.25, 0.3) is 0 Å². The van der Waals surface area contributed by atoms with Gasteiger partial charge in [0, 0.05) is 12.1 Å². The topological polar surface area (TPSA) is 75.7 Å². The number of nitrogens with zero attached hydrogens (tertiary/aromatic N) is 1. The summed E-state index contributed by atoms with van der Waals surface area (Å²) < 4.78 is 31.3. The van der Waals surface area contributed by atoms with Gasteiger partial charge in [-0.2, -0.15) is 4.31 Å². The van der Waals surface area contributed by atoms with Gasteiger partial charge in [-0.1, -0.05) is 35.3 Å². The number of sulfonamides is 1. The third-order valence-corrected chi connectivity index (χ3v) is 6.46. The predicted octanol–water partition coefficient (Wildman–Crippen LogP) is 3.50. The Balaban J connectivity index is 2.06. The number of carbonyl (C=O) groups is 1. The Morgan fingerprint density at radius 1 is 1.19 bits per heavy atom. The molecule has 0 aromatic heterocycles. The van der Waals surface area contributed by atoms with E-state index in [2.05, 4.69) is 5.32 Å². The van der Waals surface area contributed by atoms with E-state index in [0.29, 0.717) is 5.75 Å². The summed E-state index contributed by atoms with van der Waals surface area (Å²) in [5.41, 5.74) is 0.868. The molecule has 0 fully saturated rings. The van der Waals surface area contributed by atoms with Crippen molar-refractivity contribution in [3.8, 4) is 5.75 Å². The van der Waals surface area contributed by atoms with Crippen molar-refractivity contribution in [3.63, 3.8) is 0 Å². The lowest BCUT2D eigenvalue weighted by atomic mass is 10.1. The number of ether oxygens (including phenoxy) is 1. The second-order valence-corrected chi connectivity index (χ2v) is 8.76. The van der Waals surface area contributed by atoms with Crippen molar-refractivity contribution in [2.24, 2.45) is 0 Å². The molecule has 6 nitrogen and oxygen atoms in total. The van der Waals surface area contributed by atoms with Crippen molar-refractivity contribution >= 4 is 39.1 Å². The van der Waals surface area contributed by atoms with E-state index < -0.39 is 15.9 Å².